The summed E-state index contributed by atoms with van der Waals surface area (Å²) in [5, 5.41) is 6.21. The summed E-state index contributed by atoms with van der Waals surface area (Å²) in [5.74, 6) is -0.221. The molecule has 0 radical (unpaired) electrons. The van der Waals surface area contributed by atoms with E-state index in [1.165, 1.54) is 12.5 Å². The summed E-state index contributed by atoms with van der Waals surface area (Å²) < 4.78 is 4.59. The zero-order valence-electron chi connectivity index (χ0n) is 8.23. The van der Waals surface area contributed by atoms with E-state index in [-0.39, 0.29) is 5.91 Å². The van der Waals surface area contributed by atoms with Gasteiger partial charge in [0.25, 0.3) is 5.91 Å². The predicted molar refractivity (Wildman–Crippen MR) is 55.6 cm³/mol. The molecule has 4 nitrogen and oxygen atoms in total. The summed E-state index contributed by atoms with van der Waals surface area (Å²) >= 11 is 0. The van der Waals surface area contributed by atoms with Gasteiger partial charge < -0.3 is 9.84 Å². The van der Waals surface area contributed by atoms with E-state index in [0.717, 1.165) is 11.3 Å². The Morgan fingerprint density at radius 1 is 1.47 bits per heavy atom. The molecule has 76 valence electrons. The minimum Gasteiger partial charge on any atom is -0.364 e. The van der Waals surface area contributed by atoms with Crippen LogP contribution in [0.4, 0.5) is 5.69 Å². The lowest BCUT2D eigenvalue weighted by molar-refractivity contribution is 0.102. The third kappa shape index (κ3) is 2.22. The fourth-order valence-corrected chi connectivity index (χ4v) is 1.24. The second-order valence-electron chi connectivity index (χ2n) is 3.24. The first-order chi connectivity index (χ1) is 7.25. The largest absolute Gasteiger partial charge is 0.364 e. The van der Waals surface area contributed by atoms with E-state index < -0.39 is 0 Å². The van der Waals surface area contributed by atoms with E-state index in [1.807, 2.05) is 31.2 Å². The van der Waals surface area contributed by atoms with Gasteiger partial charge in [0, 0.05) is 5.69 Å². The third-order valence-corrected chi connectivity index (χ3v) is 1.97. The molecule has 0 saturated carbocycles. The number of aryl methyl sites for hydroxylation is 1. The molecule has 1 aromatic heterocycles. The van der Waals surface area contributed by atoms with E-state index in [1.54, 1.807) is 0 Å². The van der Waals surface area contributed by atoms with Gasteiger partial charge in [0.15, 0.2) is 0 Å². The Bertz CT molecular complexity index is 463. The normalized spacial score (nSPS) is 9.93. The molecule has 0 aliphatic rings. The van der Waals surface area contributed by atoms with Crippen molar-refractivity contribution in [3.63, 3.8) is 0 Å². The maximum Gasteiger partial charge on any atom is 0.260 e. The third-order valence-electron chi connectivity index (χ3n) is 1.97. The molecule has 1 N–H and O–H groups in total. The van der Waals surface area contributed by atoms with Crippen LogP contribution in [-0.4, -0.2) is 11.1 Å². The van der Waals surface area contributed by atoms with Crippen molar-refractivity contribution in [1.82, 2.24) is 5.16 Å². The number of hydrogen-bond donors (Lipinski definition) is 1. The fourth-order valence-electron chi connectivity index (χ4n) is 1.24. The van der Waals surface area contributed by atoms with Crippen molar-refractivity contribution in [2.75, 3.05) is 5.32 Å². The molecule has 1 aromatic carbocycles. The van der Waals surface area contributed by atoms with Gasteiger partial charge in [0.05, 0.1) is 11.8 Å². The molecule has 0 fully saturated rings. The maximum atomic E-state index is 11.6. The zero-order valence-corrected chi connectivity index (χ0v) is 8.23. The summed E-state index contributed by atoms with van der Waals surface area (Å²) in [6.07, 6.45) is 2.69. The molecule has 4 heteroatoms. The molecule has 0 unspecified atom stereocenters. The number of carbonyl (C=O) groups excluding carboxylic acids is 1. The minimum atomic E-state index is -0.221. The number of carbonyl (C=O) groups is 1. The molecule has 0 atom stereocenters. The molecular weight excluding hydrogens is 192 g/mol. The van der Waals surface area contributed by atoms with Crippen molar-refractivity contribution in [2.24, 2.45) is 0 Å². The van der Waals surface area contributed by atoms with Crippen LogP contribution < -0.4 is 5.32 Å². The van der Waals surface area contributed by atoms with Crippen molar-refractivity contribution < 1.29 is 9.32 Å². The quantitative estimate of drug-likeness (QED) is 0.812. The number of anilines is 1. The second kappa shape index (κ2) is 3.96. The number of rotatable bonds is 2. The number of nitrogens with zero attached hydrogens (tertiary/aromatic N) is 1. The smallest absolute Gasteiger partial charge is 0.260 e. The SMILES string of the molecule is Cc1cccc(NC(=O)c2cnoc2)c1. The average Bonchev–Trinajstić information content (AvgIpc) is 2.70. The van der Waals surface area contributed by atoms with Gasteiger partial charge >= 0.3 is 0 Å². The van der Waals surface area contributed by atoms with E-state index in [9.17, 15) is 4.79 Å². The maximum absolute atomic E-state index is 11.6. The van der Waals surface area contributed by atoms with Gasteiger partial charge in [-0.3, -0.25) is 4.79 Å². The van der Waals surface area contributed by atoms with Crippen molar-refractivity contribution in [3.05, 3.63) is 47.9 Å². The molecule has 2 rings (SSSR count). The lowest BCUT2D eigenvalue weighted by atomic mass is 10.2. The number of benzene rings is 1. The lowest BCUT2D eigenvalue weighted by Gasteiger charge is -2.03. The van der Waals surface area contributed by atoms with Gasteiger partial charge in [-0.15, -0.1) is 0 Å². The Morgan fingerprint density at radius 2 is 2.33 bits per heavy atom. The van der Waals surface area contributed by atoms with E-state index in [2.05, 4.69) is 15.0 Å². The van der Waals surface area contributed by atoms with Crippen LogP contribution in [0.3, 0.4) is 0 Å². The van der Waals surface area contributed by atoms with Crippen molar-refractivity contribution >= 4 is 11.6 Å². The van der Waals surface area contributed by atoms with Crippen LogP contribution in [0.2, 0.25) is 0 Å². The number of amides is 1. The van der Waals surface area contributed by atoms with E-state index in [0.29, 0.717) is 5.56 Å². The number of aromatic nitrogens is 1. The molecule has 0 aliphatic carbocycles. The average molecular weight is 202 g/mol. The predicted octanol–water partition coefficient (Wildman–Crippen LogP) is 2.24. The van der Waals surface area contributed by atoms with Crippen molar-refractivity contribution in [2.45, 2.75) is 6.92 Å². The Hall–Kier alpha value is -2.10. The molecule has 0 spiro atoms. The molecule has 0 bridgehead atoms. The summed E-state index contributed by atoms with van der Waals surface area (Å²) in [6.45, 7) is 1.97. The van der Waals surface area contributed by atoms with Crippen molar-refractivity contribution in [3.8, 4) is 0 Å². The fraction of sp³-hybridized carbons (Fsp3) is 0.0909. The topological polar surface area (TPSA) is 55.1 Å². The Kier molecular flexibility index (Phi) is 2.49. The monoisotopic (exact) mass is 202 g/mol. The van der Waals surface area contributed by atoms with Crippen LogP contribution in [0.5, 0.6) is 0 Å². The van der Waals surface area contributed by atoms with Gasteiger partial charge in [-0.1, -0.05) is 17.3 Å². The highest BCUT2D eigenvalue weighted by Crippen LogP contribution is 2.11. The summed E-state index contributed by atoms with van der Waals surface area (Å²) in [7, 11) is 0. The van der Waals surface area contributed by atoms with Crippen molar-refractivity contribution in [1.29, 1.82) is 0 Å². The van der Waals surface area contributed by atoms with Crippen LogP contribution in [-0.2, 0) is 0 Å². The van der Waals surface area contributed by atoms with Gasteiger partial charge in [-0.25, -0.2) is 0 Å². The first kappa shape index (κ1) is 9.45. The van der Waals surface area contributed by atoms with E-state index >= 15 is 0 Å². The Morgan fingerprint density at radius 3 is 3.00 bits per heavy atom. The molecule has 1 amide bonds. The summed E-state index contributed by atoms with van der Waals surface area (Å²) in [5.41, 5.74) is 2.27. The highest BCUT2D eigenvalue weighted by molar-refractivity contribution is 6.03. The first-order valence-corrected chi connectivity index (χ1v) is 4.53. The van der Waals surface area contributed by atoms with Gasteiger partial charge in [0.1, 0.15) is 6.26 Å². The Balaban J connectivity index is 2.13. The van der Waals surface area contributed by atoms with Gasteiger partial charge in [-0.05, 0) is 24.6 Å². The molecule has 1 heterocycles. The Labute approximate surface area is 86.9 Å². The van der Waals surface area contributed by atoms with Gasteiger partial charge in [0.2, 0.25) is 0 Å². The van der Waals surface area contributed by atoms with E-state index in [4.69, 9.17) is 0 Å². The molecular formula is C11H10N2O2. The lowest BCUT2D eigenvalue weighted by Crippen LogP contribution is -2.10. The van der Waals surface area contributed by atoms with Gasteiger partial charge in [-0.2, -0.15) is 0 Å². The van der Waals surface area contributed by atoms with Crippen LogP contribution in [0.15, 0.2) is 41.2 Å². The van der Waals surface area contributed by atoms with Crippen LogP contribution >= 0.6 is 0 Å². The minimum absolute atomic E-state index is 0.221. The van der Waals surface area contributed by atoms with Crippen LogP contribution in [0.25, 0.3) is 0 Å². The highest BCUT2D eigenvalue weighted by Gasteiger charge is 2.07. The molecule has 2 aromatic rings. The zero-order chi connectivity index (χ0) is 10.7. The summed E-state index contributed by atoms with van der Waals surface area (Å²) in [6, 6.07) is 7.58. The first-order valence-electron chi connectivity index (χ1n) is 4.53. The second-order valence-corrected chi connectivity index (χ2v) is 3.24. The molecule has 15 heavy (non-hydrogen) atoms. The van der Waals surface area contributed by atoms with Crippen LogP contribution in [0, 0.1) is 6.92 Å². The molecule has 0 aliphatic heterocycles. The standard InChI is InChI=1S/C11H10N2O2/c1-8-3-2-4-10(5-8)13-11(14)9-6-12-15-7-9/h2-7H,1H3,(H,13,14). The molecule has 0 saturated heterocycles. The highest BCUT2D eigenvalue weighted by atomic mass is 16.5. The summed E-state index contributed by atoms with van der Waals surface area (Å²) in [4.78, 5) is 11.6. The van der Waals surface area contributed by atoms with Crippen LogP contribution in [0.1, 0.15) is 15.9 Å². The number of hydrogen-bond acceptors (Lipinski definition) is 3. The number of nitrogens with one attached hydrogen (secondary N) is 1.